The third kappa shape index (κ3) is 6.98. The number of aliphatic imine (C=N–C) groups is 1. The Morgan fingerprint density at radius 2 is 1.72 bits per heavy atom. The SMILES string of the molecule is C=C/C=C\C(=C/C)N1C(=O)/C(=C/c2cccs2)C(=O)N=C1SCC(=O)NC(c1ccccc1)c1ccccc1. The van der Waals surface area contributed by atoms with E-state index in [2.05, 4.69) is 16.9 Å². The highest BCUT2D eigenvalue weighted by molar-refractivity contribution is 8.14. The first-order chi connectivity index (χ1) is 19.0. The van der Waals surface area contributed by atoms with Crippen LogP contribution in [-0.4, -0.2) is 33.5 Å². The van der Waals surface area contributed by atoms with Crippen molar-refractivity contribution in [1.82, 2.24) is 10.2 Å². The second kappa shape index (κ2) is 13.5. The van der Waals surface area contributed by atoms with E-state index in [4.69, 9.17) is 0 Å². The van der Waals surface area contributed by atoms with Crippen molar-refractivity contribution in [1.29, 1.82) is 0 Å². The summed E-state index contributed by atoms with van der Waals surface area (Å²) in [6, 6.07) is 22.7. The summed E-state index contributed by atoms with van der Waals surface area (Å²) in [6.45, 7) is 5.48. The molecule has 0 unspecified atom stereocenters. The van der Waals surface area contributed by atoms with Gasteiger partial charge in [-0.1, -0.05) is 103 Å². The van der Waals surface area contributed by atoms with Crippen LogP contribution in [0.25, 0.3) is 6.08 Å². The molecule has 1 aliphatic heterocycles. The number of thiophene rings is 1. The summed E-state index contributed by atoms with van der Waals surface area (Å²) < 4.78 is 0. The number of carbonyl (C=O) groups excluding carboxylic acids is 3. The molecule has 3 amide bonds. The van der Waals surface area contributed by atoms with Gasteiger partial charge in [-0.2, -0.15) is 4.99 Å². The summed E-state index contributed by atoms with van der Waals surface area (Å²) >= 11 is 2.46. The van der Waals surface area contributed by atoms with Crippen molar-refractivity contribution in [3.05, 3.63) is 136 Å². The molecule has 0 saturated carbocycles. The smallest absolute Gasteiger partial charge is 0.285 e. The van der Waals surface area contributed by atoms with E-state index in [0.717, 1.165) is 27.8 Å². The van der Waals surface area contributed by atoms with Gasteiger partial charge in [-0.25, -0.2) is 0 Å². The molecule has 8 heteroatoms. The lowest BCUT2D eigenvalue weighted by Gasteiger charge is -2.28. The molecule has 0 atom stereocenters. The predicted molar refractivity (Wildman–Crippen MR) is 160 cm³/mol. The molecule has 0 aliphatic carbocycles. The molecule has 4 rings (SSSR count). The van der Waals surface area contributed by atoms with Gasteiger partial charge >= 0.3 is 0 Å². The van der Waals surface area contributed by atoms with Crippen LogP contribution in [0.3, 0.4) is 0 Å². The van der Waals surface area contributed by atoms with Crippen molar-refractivity contribution in [2.24, 2.45) is 4.99 Å². The lowest BCUT2D eigenvalue weighted by molar-refractivity contribution is -0.126. The number of benzene rings is 2. The topological polar surface area (TPSA) is 78.8 Å². The van der Waals surface area contributed by atoms with E-state index in [1.807, 2.05) is 78.2 Å². The van der Waals surface area contributed by atoms with Crippen molar-refractivity contribution in [3.8, 4) is 0 Å². The highest BCUT2D eigenvalue weighted by atomic mass is 32.2. The van der Waals surface area contributed by atoms with Gasteiger partial charge in [0.1, 0.15) is 5.57 Å². The number of amides is 3. The zero-order chi connectivity index (χ0) is 27.6. The number of amidine groups is 1. The first kappa shape index (κ1) is 27.8. The van der Waals surface area contributed by atoms with Gasteiger partial charge in [0.15, 0.2) is 5.17 Å². The van der Waals surface area contributed by atoms with Crippen LogP contribution in [0.4, 0.5) is 0 Å². The molecular formula is C31H27N3O3S2. The van der Waals surface area contributed by atoms with E-state index >= 15 is 0 Å². The Morgan fingerprint density at radius 1 is 1.05 bits per heavy atom. The van der Waals surface area contributed by atoms with Crippen LogP contribution in [0.5, 0.6) is 0 Å². The van der Waals surface area contributed by atoms with E-state index < -0.39 is 11.8 Å². The standard InChI is InChI=1S/C31H27N3O3S2/c1-3-5-17-24(4-2)34-30(37)26(20-25-18-12-19-38-25)29(36)33-31(34)39-21-27(35)32-28(22-13-8-6-9-14-22)23-15-10-7-11-16-23/h3-20,28H,1,21H2,2H3,(H,32,35)/b17-5-,24-4+,26-20+. The maximum absolute atomic E-state index is 13.6. The van der Waals surface area contributed by atoms with E-state index in [-0.39, 0.29) is 28.4 Å². The summed E-state index contributed by atoms with van der Waals surface area (Å²) in [7, 11) is 0. The molecule has 0 saturated heterocycles. The molecule has 3 aromatic rings. The van der Waals surface area contributed by atoms with Gasteiger partial charge in [-0.05, 0) is 41.6 Å². The molecule has 2 aromatic carbocycles. The zero-order valence-corrected chi connectivity index (χ0v) is 23.0. The minimum Gasteiger partial charge on any atom is -0.344 e. The van der Waals surface area contributed by atoms with E-state index in [1.165, 1.54) is 16.2 Å². The molecule has 0 spiro atoms. The van der Waals surface area contributed by atoms with Crippen molar-refractivity contribution in [2.45, 2.75) is 13.0 Å². The maximum atomic E-state index is 13.6. The van der Waals surface area contributed by atoms with E-state index in [0.29, 0.717) is 5.70 Å². The molecule has 0 radical (unpaired) electrons. The van der Waals surface area contributed by atoms with Crippen molar-refractivity contribution < 1.29 is 14.4 Å². The first-order valence-electron chi connectivity index (χ1n) is 12.2. The van der Waals surface area contributed by atoms with Crippen LogP contribution in [0.2, 0.25) is 0 Å². The van der Waals surface area contributed by atoms with Crippen molar-refractivity contribution in [3.63, 3.8) is 0 Å². The number of rotatable bonds is 9. The van der Waals surface area contributed by atoms with Crippen LogP contribution in [0, 0.1) is 0 Å². The highest BCUT2D eigenvalue weighted by Gasteiger charge is 2.35. The normalized spacial score (nSPS) is 15.2. The fourth-order valence-electron chi connectivity index (χ4n) is 3.91. The molecule has 196 valence electrons. The second-order valence-corrected chi connectivity index (χ2v) is 10.3. The average Bonchev–Trinajstić information content (AvgIpc) is 3.48. The summed E-state index contributed by atoms with van der Waals surface area (Å²) in [5.74, 6) is -1.44. The van der Waals surface area contributed by atoms with Crippen molar-refractivity contribution in [2.75, 3.05) is 5.75 Å². The minimum atomic E-state index is -0.637. The Hall–Kier alpha value is -4.27. The van der Waals surface area contributed by atoms with Crippen LogP contribution >= 0.6 is 23.1 Å². The fourth-order valence-corrected chi connectivity index (χ4v) is 5.37. The fraction of sp³-hybridized carbons (Fsp3) is 0.0968. The number of thioether (sulfide) groups is 1. The monoisotopic (exact) mass is 553 g/mol. The second-order valence-electron chi connectivity index (χ2n) is 8.33. The molecule has 1 aliphatic rings. The molecule has 1 N–H and O–H groups in total. The van der Waals surface area contributed by atoms with Gasteiger partial charge in [-0.3, -0.25) is 19.3 Å². The average molecular weight is 554 g/mol. The summed E-state index contributed by atoms with van der Waals surface area (Å²) in [5, 5.41) is 5.10. The lowest BCUT2D eigenvalue weighted by atomic mass is 9.99. The molecule has 1 aromatic heterocycles. The van der Waals surface area contributed by atoms with Gasteiger partial charge in [0, 0.05) is 10.6 Å². The summed E-state index contributed by atoms with van der Waals surface area (Å²) in [5.41, 5.74) is 2.37. The quantitative estimate of drug-likeness (QED) is 0.196. The zero-order valence-electron chi connectivity index (χ0n) is 21.3. The lowest BCUT2D eigenvalue weighted by Crippen LogP contribution is -2.41. The highest BCUT2D eigenvalue weighted by Crippen LogP contribution is 2.27. The van der Waals surface area contributed by atoms with Crippen LogP contribution in [0.15, 0.2) is 125 Å². The summed E-state index contributed by atoms with van der Waals surface area (Å²) in [4.78, 5) is 46.0. The molecule has 2 heterocycles. The number of nitrogens with one attached hydrogen (secondary N) is 1. The molecule has 39 heavy (non-hydrogen) atoms. The molecule has 0 bridgehead atoms. The predicted octanol–water partition coefficient (Wildman–Crippen LogP) is 6.14. The minimum absolute atomic E-state index is 0.0363. The number of hydrogen-bond acceptors (Lipinski definition) is 5. The third-order valence-corrected chi connectivity index (χ3v) is 7.50. The van der Waals surface area contributed by atoms with Gasteiger partial charge in [0.2, 0.25) is 5.91 Å². The molecule has 6 nitrogen and oxygen atoms in total. The number of nitrogens with zero attached hydrogens (tertiary/aromatic N) is 2. The number of carbonyl (C=O) groups is 3. The third-order valence-electron chi connectivity index (χ3n) is 5.74. The van der Waals surface area contributed by atoms with Crippen LogP contribution in [-0.2, 0) is 14.4 Å². The van der Waals surface area contributed by atoms with Crippen LogP contribution in [0.1, 0.15) is 29.0 Å². The largest absolute Gasteiger partial charge is 0.344 e. The van der Waals surface area contributed by atoms with Gasteiger partial charge in [0.25, 0.3) is 11.8 Å². The van der Waals surface area contributed by atoms with Gasteiger partial charge in [-0.15, -0.1) is 11.3 Å². The van der Waals surface area contributed by atoms with E-state index in [1.54, 1.807) is 37.3 Å². The maximum Gasteiger partial charge on any atom is 0.285 e. The Kier molecular flexibility index (Phi) is 9.61. The van der Waals surface area contributed by atoms with Crippen LogP contribution < -0.4 is 5.32 Å². The summed E-state index contributed by atoms with van der Waals surface area (Å²) in [6.07, 6.45) is 8.29. The molecule has 0 fully saturated rings. The Morgan fingerprint density at radius 3 is 2.28 bits per heavy atom. The van der Waals surface area contributed by atoms with E-state index in [9.17, 15) is 14.4 Å². The molecular weight excluding hydrogens is 526 g/mol. The Labute approximate surface area is 236 Å². The van der Waals surface area contributed by atoms with Crippen molar-refractivity contribution >= 4 is 52.1 Å². The number of allylic oxidation sites excluding steroid dienone is 4. The first-order valence-corrected chi connectivity index (χ1v) is 14.1. The van der Waals surface area contributed by atoms with Gasteiger partial charge < -0.3 is 5.32 Å². The van der Waals surface area contributed by atoms with Gasteiger partial charge in [0.05, 0.1) is 11.8 Å². The Bertz CT molecular complexity index is 1420. The Balaban J connectivity index is 1.59. The number of hydrogen-bond donors (Lipinski definition) is 1.